The Hall–Kier alpha value is -3.51. The third-order valence-electron chi connectivity index (χ3n) is 4.14. The lowest BCUT2D eigenvalue weighted by atomic mass is 10.2. The van der Waals surface area contributed by atoms with Crippen LogP contribution in [0.4, 0.5) is 5.69 Å². The van der Waals surface area contributed by atoms with Gasteiger partial charge in [-0.2, -0.15) is 5.26 Å². The van der Waals surface area contributed by atoms with Crippen molar-refractivity contribution in [1.29, 1.82) is 5.26 Å². The Morgan fingerprint density at radius 3 is 2.70 bits per heavy atom. The number of H-pyrrole nitrogens is 1. The Morgan fingerprint density at radius 1 is 1.33 bits per heavy atom. The van der Waals surface area contributed by atoms with Crippen LogP contribution in [0, 0.1) is 11.3 Å². The summed E-state index contributed by atoms with van der Waals surface area (Å²) in [5.74, 6) is -2.31. The van der Waals surface area contributed by atoms with Gasteiger partial charge in [-0.25, -0.2) is 4.79 Å². The molecule has 1 saturated heterocycles. The minimum atomic E-state index is -1.26. The van der Waals surface area contributed by atoms with Crippen molar-refractivity contribution in [3.8, 4) is 11.8 Å². The number of aromatic nitrogens is 1. The van der Waals surface area contributed by atoms with E-state index in [1.165, 1.54) is 6.20 Å². The molecule has 9 nitrogen and oxygen atoms in total. The number of ether oxygens (including phenoxy) is 2. The van der Waals surface area contributed by atoms with Gasteiger partial charge < -0.3 is 29.6 Å². The van der Waals surface area contributed by atoms with Crippen molar-refractivity contribution in [2.45, 2.75) is 12.5 Å². The number of aromatic amines is 1. The van der Waals surface area contributed by atoms with Crippen LogP contribution in [0.3, 0.4) is 0 Å². The standard InChI is InChI=1S/C18H17N3O6/c19-6-11-1-3-12(4-2-11)21-8-13(27-10-21)9-26-15-7-20-14(5-16(22)23)17(15)18(24)25/h1-4,7,13,20H,5,8-10H2,(H,22,23)(H,24,25). The molecule has 0 saturated carbocycles. The van der Waals surface area contributed by atoms with Crippen molar-refractivity contribution >= 4 is 17.6 Å². The number of nitrogens with zero attached hydrogens (tertiary/aromatic N) is 2. The van der Waals surface area contributed by atoms with Gasteiger partial charge in [-0.05, 0) is 24.3 Å². The molecule has 0 spiro atoms. The lowest BCUT2D eigenvalue weighted by molar-refractivity contribution is -0.136. The second-order valence-electron chi connectivity index (χ2n) is 5.99. The van der Waals surface area contributed by atoms with Crippen molar-refractivity contribution < 1.29 is 29.3 Å². The zero-order valence-electron chi connectivity index (χ0n) is 14.2. The third kappa shape index (κ3) is 4.19. The molecule has 1 aromatic heterocycles. The predicted octanol–water partition coefficient (Wildman–Crippen LogP) is 1.45. The fourth-order valence-electron chi connectivity index (χ4n) is 2.84. The number of aromatic carboxylic acids is 1. The van der Waals surface area contributed by atoms with E-state index in [0.717, 1.165) is 5.69 Å². The molecular formula is C18H17N3O6. The average Bonchev–Trinajstić information content (AvgIpc) is 3.26. The molecule has 140 valence electrons. The first-order chi connectivity index (χ1) is 13.0. The number of hydrogen-bond donors (Lipinski definition) is 3. The number of anilines is 1. The number of carboxylic acids is 2. The fourth-order valence-corrected chi connectivity index (χ4v) is 2.84. The lowest BCUT2D eigenvalue weighted by Gasteiger charge is -2.16. The summed E-state index contributed by atoms with van der Waals surface area (Å²) in [7, 11) is 0. The molecule has 2 aromatic rings. The first-order valence-electron chi connectivity index (χ1n) is 8.12. The summed E-state index contributed by atoms with van der Waals surface area (Å²) < 4.78 is 11.2. The molecule has 3 rings (SSSR count). The Balaban J connectivity index is 1.61. The summed E-state index contributed by atoms with van der Waals surface area (Å²) >= 11 is 0. The Bertz CT molecular complexity index is 883. The highest BCUT2D eigenvalue weighted by Gasteiger charge is 2.26. The zero-order valence-corrected chi connectivity index (χ0v) is 14.2. The number of carbonyl (C=O) groups is 2. The molecule has 0 bridgehead atoms. The van der Waals surface area contributed by atoms with Gasteiger partial charge in [-0.3, -0.25) is 4.79 Å². The number of hydrogen-bond acceptors (Lipinski definition) is 6. The lowest BCUT2D eigenvalue weighted by Crippen LogP contribution is -2.25. The van der Waals surface area contributed by atoms with E-state index in [-0.39, 0.29) is 29.7 Å². The summed E-state index contributed by atoms with van der Waals surface area (Å²) in [4.78, 5) is 26.9. The fraction of sp³-hybridized carbons (Fsp3) is 0.278. The van der Waals surface area contributed by atoms with Crippen LogP contribution in [0.25, 0.3) is 0 Å². The molecule has 1 aromatic carbocycles. The molecule has 27 heavy (non-hydrogen) atoms. The van der Waals surface area contributed by atoms with Crippen molar-refractivity contribution in [3.05, 3.63) is 47.3 Å². The van der Waals surface area contributed by atoms with E-state index >= 15 is 0 Å². The van der Waals surface area contributed by atoms with E-state index in [1.54, 1.807) is 12.1 Å². The molecule has 1 atom stereocenters. The van der Waals surface area contributed by atoms with Crippen LogP contribution in [-0.2, 0) is 16.0 Å². The molecule has 0 aliphatic carbocycles. The van der Waals surface area contributed by atoms with Crippen molar-refractivity contribution in [1.82, 2.24) is 4.98 Å². The van der Waals surface area contributed by atoms with Gasteiger partial charge in [-0.1, -0.05) is 0 Å². The van der Waals surface area contributed by atoms with E-state index in [4.69, 9.17) is 19.8 Å². The number of aliphatic carboxylic acids is 1. The Morgan fingerprint density at radius 2 is 2.07 bits per heavy atom. The minimum Gasteiger partial charge on any atom is -0.488 e. The molecule has 1 aliphatic rings. The van der Waals surface area contributed by atoms with Gasteiger partial charge in [0.05, 0.1) is 18.1 Å². The summed E-state index contributed by atoms with van der Waals surface area (Å²) in [6.07, 6.45) is 0.632. The van der Waals surface area contributed by atoms with Gasteiger partial charge >= 0.3 is 11.9 Å². The van der Waals surface area contributed by atoms with Gasteiger partial charge in [0, 0.05) is 24.1 Å². The van der Waals surface area contributed by atoms with Crippen LogP contribution < -0.4 is 9.64 Å². The van der Waals surface area contributed by atoms with Crippen LogP contribution in [-0.4, -0.2) is 53.1 Å². The van der Waals surface area contributed by atoms with E-state index in [9.17, 15) is 14.7 Å². The Kier molecular flexibility index (Phi) is 5.28. The van der Waals surface area contributed by atoms with Crippen LogP contribution in [0.5, 0.6) is 5.75 Å². The highest BCUT2D eigenvalue weighted by atomic mass is 16.5. The maximum Gasteiger partial charge on any atom is 0.341 e. The average molecular weight is 371 g/mol. The van der Waals surface area contributed by atoms with Gasteiger partial charge in [0.15, 0.2) is 5.75 Å². The van der Waals surface area contributed by atoms with Crippen molar-refractivity contribution in [2.75, 3.05) is 24.8 Å². The molecule has 1 fully saturated rings. The molecule has 3 N–H and O–H groups in total. The summed E-state index contributed by atoms with van der Waals surface area (Å²) in [6, 6.07) is 9.17. The van der Waals surface area contributed by atoms with E-state index in [1.807, 2.05) is 17.0 Å². The minimum absolute atomic E-state index is 0.0801. The monoisotopic (exact) mass is 371 g/mol. The summed E-state index contributed by atoms with van der Waals surface area (Å²) in [5, 5.41) is 27.0. The SMILES string of the molecule is N#Cc1ccc(N2COC(COc3c[nH]c(CC(=O)O)c3C(=O)O)C2)cc1. The Labute approximate surface area is 154 Å². The van der Waals surface area contributed by atoms with Gasteiger partial charge in [0.2, 0.25) is 0 Å². The van der Waals surface area contributed by atoms with Crippen LogP contribution >= 0.6 is 0 Å². The summed E-state index contributed by atoms with van der Waals surface area (Å²) in [5.41, 5.74) is 1.38. The number of nitriles is 1. The van der Waals surface area contributed by atoms with E-state index < -0.39 is 18.4 Å². The van der Waals surface area contributed by atoms with Crippen LogP contribution in [0.15, 0.2) is 30.5 Å². The maximum absolute atomic E-state index is 11.4. The first-order valence-corrected chi connectivity index (χ1v) is 8.12. The van der Waals surface area contributed by atoms with E-state index in [2.05, 4.69) is 11.1 Å². The largest absolute Gasteiger partial charge is 0.488 e. The second-order valence-corrected chi connectivity index (χ2v) is 5.99. The van der Waals surface area contributed by atoms with Gasteiger partial charge in [0.25, 0.3) is 0 Å². The highest BCUT2D eigenvalue weighted by Crippen LogP contribution is 2.25. The molecule has 1 aliphatic heterocycles. The normalized spacial score (nSPS) is 16.1. The number of nitrogens with one attached hydrogen (secondary N) is 1. The molecular weight excluding hydrogens is 354 g/mol. The van der Waals surface area contributed by atoms with E-state index in [0.29, 0.717) is 18.8 Å². The number of rotatable bonds is 7. The molecule has 2 heterocycles. The number of benzene rings is 1. The zero-order chi connectivity index (χ0) is 19.4. The maximum atomic E-state index is 11.4. The van der Waals surface area contributed by atoms with Gasteiger partial charge in [0.1, 0.15) is 25.0 Å². The first kappa shape index (κ1) is 18.3. The van der Waals surface area contributed by atoms with Crippen LogP contribution in [0.2, 0.25) is 0 Å². The molecule has 0 amide bonds. The molecule has 9 heteroatoms. The summed E-state index contributed by atoms with van der Waals surface area (Å²) in [6.45, 7) is 1.02. The molecule has 1 unspecified atom stereocenters. The highest BCUT2D eigenvalue weighted by molar-refractivity contribution is 5.93. The van der Waals surface area contributed by atoms with Crippen LogP contribution in [0.1, 0.15) is 21.6 Å². The number of carboxylic acid groups (broad SMARTS) is 2. The van der Waals surface area contributed by atoms with Gasteiger partial charge in [-0.15, -0.1) is 0 Å². The quantitative estimate of drug-likeness (QED) is 0.665. The second kappa shape index (κ2) is 7.80. The predicted molar refractivity (Wildman–Crippen MR) is 92.8 cm³/mol. The van der Waals surface area contributed by atoms with Crippen molar-refractivity contribution in [3.63, 3.8) is 0 Å². The third-order valence-corrected chi connectivity index (χ3v) is 4.14. The van der Waals surface area contributed by atoms with Crippen molar-refractivity contribution in [2.24, 2.45) is 0 Å². The topological polar surface area (TPSA) is 136 Å². The molecule has 0 radical (unpaired) electrons. The smallest absolute Gasteiger partial charge is 0.341 e.